The van der Waals surface area contributed by atoms with Crippen molar-refractivity contribution in [2.24, 2.45) is 0 Å². The highest BCUT2D eigenvalue weighted by molar-refractivity contribution is 5.69. The van der Waals surface area contributed by atoms with Crippen LogP contribution in [0.15, 0.2) is 73.6 Å². The maximum absolute atomic E-state index is 14.5. The van der Waals surface area contributed by atoms with Gasteiger partial charge in [0.15, 0.2) is 11.6 Å². The van der Waals surface area contributed by atoms with Gasteiger partial charge < -0.3 is 9.84 Å². The molecule has 0 saturated heterocycles. The molecule has 0 radical (unpaired) electrons. The summed E-state index contributed by atoms with van der Waals surface area (Å²) < 4.78 is 19.9. The van der Waals surface area contributed by atoms with Crippen LogP contribution < -0.4 is 4.74 Å². The number of unbranched alkanes of at least 4 members (excludes halogenated alkanes) is 1. The van der Waals surface area contributed by atoms with Crippen molar-refractivity contribution in [2.45, 2.75) is 32.3 Å². The summed E-state index contributed by atoms with van der Waals surface area (Å²) in [5, 5.41) is 9.27. The minimum Gasteiger partial charge on any atom is -0.486 e. The average Bonchev–Trinajstić information content (AvgIpc) is 2.78. The topological polar surface area (TPSA) is 55.2 Å². The van der Waals surface area contributed by atoms with E-state index in [-0.39, 0.29) is 11.9 Å². The van der Waals surface area contributed by atoms with Gasteiger partial charge in [0.05, 0.1) is 18.5 Å². The van der Waals surface area contributed by atoms with E-state index in [1.54, 1.807) is 43.6 Å². The molecule has 3 rings (SSSR count). The summed E-state index contributed by atoms with van der Waals surface area (Å²) >= 11 is 0. The maximum atomic E-state index is 14.5. The summed E-state index contributed by atoms with van der Waals surface area (Å²) in [7, 11) is 0. The van der Waals surface area contributed by atoms with Crippen LogP contribution in [0.2, 0.25) is 0 Å². The van der Waals surface area contributed by atoms with Crippen molar-refractivity contribution in [3.63, 3.8) is 0 Å². The smallest absolute Gasteiger partial charge is 0.159 e. The summed E-state index contributed by atoms with van der Waals surface area (Å²) in [6, 6.07) is 12.9. The van der Waals surface area contributed by atoms with Gasteiger partial charge in [0.1, 0.15) is 12.4 Å². The second kappa shape index (κ2) is 11.2. The van der Waals surface area contributed by atoms with Gasteiger partial charge in [-0.1, -0.05) is 61.2 Å². The lowest BCUT2D eigenvalue weighted by Gasteiger charge is -2.07. The lowest BCUT2D eigenvalue weighted by Crippen LogP contribution is -1.97. The van der Waals surface area contributed by atoms with Crippen LogP contribution in [0.4, 0.5) is 4.39 Å². The van der Waals surface area contributed by atoms with Crippen molar-refractivity contribution in [2.75, 3.05) is 6.61 Å². The molecule has 0 spiro atoms. The van der Waals surface area contributed by atoms with E-state index in [9.17, 15) is 9.50 Å². The van der Waals surface area contributed by atoms with Gasteiger partial charge in [0.2, 0.25) is 0 Å². The first-order chi connectivity index (χ1) is 15.1. The van der Waals surface area contributed by atoms with E-state index in [2.05, 4.69) is 16.5 Å². The Morgan fingerprint density at radius 1 is 1.06 bits per heavy atom. The first-order valence-corrected chi connectivity index (χ1v) is 10.4. The molecule has 0 amide bonds. The van der Waals surface area contributed by atoms with Gasteiger partial charge in [0, 0.05) is 11.1 Å². The van der Waals surface area contributed by atoms with Crippen LogP contribution in [-0.2, 0) is 0 Å². The molecule has 0 aliphatic rings. The fourth-order valence-electron chi connectivity index (χ4n) is 3.09. The number of allylic oxidation sites excluding steroid dienone is 1. The molecule has 31 heavy (non-hydrogen) atoms. The molecule has 0 fully saturated rings. The van der Waals surface area contributed by atoms with Gasteiger partial charge in [-0.3, -0.25) is 0 Å². The first kappa shape index (κ1) is 22.4. The molecular weight excluding hydrogens is 391 g/mol. The van der Waals surface area contributed by atoms with Crippen LogP contribution in [-0.4, -0.2) is 27.8 Å². The van der Waals surface area contributed by atoms with Crippen LogP contribution in [0.5, 0.6) is 5.75 Å². The SMILES string of the molecule is C=CCOc1cnc(-c2ccc(-c3ccc(/C=C/CCCC(C)O)c(F)c3)cc2)nc1. The molecule has 0 aliphatic carbocycles. The van der Waals surface area contributed by atoms with Crippen LogP contribution in [0.3, 0.4) is 0 Å². The monoisotopic (exact) mass is 418 g/mol. The van der Waals surface area contributed by atoms with E-state index in [0.717, 1.165) is 36.0 Å². The fraction of sp³-hybridized carbons (Fsp3) is 0.231. The molecule has 1 atom stereocenters. The van der Waals surface area contributed by atoms with E-state index in [0.29, 0.717) is 23.7 Å². The Kier molecular flexibility index (Phi) is 8.07. The van der Waals surface area contributed by atoms with E-state index in [1.807, 2.05) is 36.4 Å². The fourth-order valence-corrected chi connectivity index (χ4v) is 3.09. The second-order valence-electron chi connectivity index (χ2n) is 7.34. The highest BCUT2D eigenvalue weighted by Crippen LogP contribution is 2.25. The summed E-state index contributed by atoms with van der Waals surface area (Å²) in [6.45, 7) is 5.79. The Morgan fingerprint density at radius 2 is 1.74 bits per heavy atom. The number of ether oxygens (including phenoxy) is 1. The van der Waals surface area contributed by atoms with Crippen molar-refractivity contribution in [3.05, 3.63) is 85.0 Å². The Morgan fingerprint density at radius 3 is 2.39 bits per heavy atom. The van der Waals surface area contributed by atoms with E-state index in [4.69, 9.17) is 4.74 Å². The van der Waals surface area contributed by atoms with E-state index >= 15 is 0 Å². The number of nitrogens with zero attached hydrogens (tertiary/aromatic N) is 2. The first-order valence-electron chi connectivity index (χ1n) is 10.4. The number of aliphatic hydroxyl groups excluding tert-OH is 1. The predicted octanol–water partition coefficient (Wildman–Crippen LogP) is 6.08. The molecule has 4 nitrogen and oxygen atoms in total. The van der Waals surface area contributed by atoms with E-state index in [1.165, 1.54) is 0 Å². The quantitative estimate of drug-likeness (QED) is 0.320. The zero-order valence-electron chi connectivity index (χ0n) is 17.7. The number of benzene rings is 2. The molecule has 0 aliphatic heterocycles. The number of halogens is 1. The molecule has 5 heteroatoms. The molecular formula is C26H27FN2O2. The Bertz CT molecular complexity index is 1010. The normalized spacial score (nSPS) is 12.1. The van der Waals surface area contributed by atoms with E-state index < -0.39 is 0 Å². The zero-order chi connectivity index (χ0) is 22.1. The van der Waals surface area contributed by atoms with Gasteiger partial charge >= 0.3 is 0 Å². The second-order valence-corrected chi connectivity index (χ2v) is 7.34. The molecule has 1 unspecified atom stereocenters. The molecule has 0 saturated carbocycles. The Hall–Kier alpha value is -3.31. The van der Waals surface area contributed by atoms with Crippen molar-refractivity contribution in [1.29, 1.82) is 0 Å². The largest absolute Gasteiger partial charge is 0.486 e. The van der Waals surface area contributed by atoms with Crippen LogP contribution in [0.1, 0.15) is 31.7 Å². The summed E-state index contributed by atoms with van der Waals surface area (Å²) in [5.41, 5.74) is 3.16. The van der Waals surface area contributed by atoms with Gasteiger partial charge in [-0.25, -0.2) is 14.4 Å². The molecule has 160 valence electrons. The average molecular weight is 419 g/mol. The summed E-state index contributed by atoms with van der Waals surface area (Å²) in [4.78, 5) is 8.66. The maximum Gasteiger partial charge on any atom is 0.159 e. The Labute approximate surface area is 182 Å². The molecule has 1 N–H and O–H groups in total. The highest BCUT2D eigenvalue weighted by Gasteiger charge is 2.06. The van der Waals surface area contributed by atoms with Crippen molar-refractivity contribution in [3.8, 4) is 28.3 Å². The van der Waals surface area contributed by atoms with Crippen molar-refractivity contribution in [1.82, 2.24) is 9.97 Å². The molecule has 3 aromatic rings. The number of aliphatic hydroxyl groups is 1. The zero-order valence-corrected chi connectivity index (χ0v) is 17.7. The lowest BCUT2D eigenvalue weighted by atomic mass is 10.0. The van der Waals surface area contributed by atoms with Crippen LogP contribution >= 0.6 is 0 Å². The van der Waals surface area contributed by atoms with Crippen LogP contribution in [0.25, 0.3) is 28.6 Å². The minimum absolute atomic E-state index is 0.258. The molecule has 1 aromatic heterocycles. The number of rotatable bonds is 10. The highest BCUT2D eigenvalue weighted by atomic mass is 19.1. The molecule has 2 aromatic carbocycles. The van der Waals surface area contributed by atoms with Gasteiger partial charge in [-0.05, 0) is 43.4 Å². The standard InChI is InChI=1S/C26H27FN2O2/c1-3-15-31-24-17-28-26(29-18-24)22-12-9-20(10-13-22)23-14-11-21(25(27)16-23)8-6-4-5-7-19(2)30/h3,6,8-14,16-19,30H,1,4-5,7,15H2,2H3/b8-6+. The van der Waals surface area contributed by atoms with Gasteiger partial charge in [-0.2, -0.15) is 0 Å². The minimum atomic E-state index is -0.293. The number of hydrogen-bond acceptors (Lipinski definition) is 4. The summed E-state index contributed by atoms with van der Waals surface area (Å²) in [5.74, 6) is 0.930. The van der Waals surface area contributed by atoms with Crippen molar-refractivity contribution >= 4 is 6.08 Å². The third kappa shape index (κ3) is 6.59. The third-order valence-electron chi connectivity index (χ3n) is 4.76. The Balaban J connectivity index is 1.66. The van der Waals surface area contributed by atoms with Crippen molar-refractivity contribution < 1.29 is 14.2 Å². The lowest BCUT2D eigenvalue weighted by molar-refractivity contribution is 0.182. The van der Waals surface area contributed by atoms with Gasteiger partial charge in [0.25, 0.3) is 0 Å². The molecule has 0 bridgehead atoms. The number of hydrogen-bond donors (Lipinski definition) is 1. The summed E-state index contributed by atoms with van der Waals surface area (Å²) in [6.07, 6.45) is 10.8. The number of aromatic nitrogens is 2. The van der Waals surface area contributed by atoms with Crippen LogP contribution in [0, 0.1) is 5.82 Å². The predicted molar refractivity (Wildman–Crippen MR) is 123 cm³/mol. The third-order valence-corrected chi connectivity index (χ3v) is 4.76. The molecule has 1 heterocycles. The van der Waals surface area contributed by atoms with Gasteiger partial charge in [-0.15, -0.1) is 0 Å².